The average Bonchev–Trinajstić information content (AvgIpc) is 2.15. The first kappa shape index (κ1) is 12.4. The summed E-state index contributed by atoms with van der Waals surface area (Å²) in [5, 5.41) is 9.32. The first-order valence-electron chi connectivity index (χ1n) is 4.35. The van der Waals surface area contributed by atoms with Crippen molar-refractivity contribution in [3.8, 4) is 0 Å². The van der Waals surface area contributed by atoms with Crippen molar-refractivity contribution < 1.29 is 13.5 Å². The number of aliphatic hydroxyl groups is 1. The van der Waals surface area contributed by atoms with E-state index in [1.807, 2.05) is 0 Å². The van der Waals surface area contributed by atoms with Crippen molar-refractivity contribution in [3.05, 3.63) is 29.3 Å². The lowest BCUT2D eigenvalue weighted by Gasteiger charge is -2.08. The molecule has 6 heteroatoms. The number of benzene rings is 1. The predicted octanol–water partition coefficient (Wildman–Crippen LogP) is 0.999. The third-order valence-corrected chi connectivity index (χ3v) is 3.33. The van der Waals surface area contributed by atoms with Gasteiger partial charge >= 0.3 is 0 Å². The molecule has 0 aromatic heterocycles. The molecule has 4 nitrogen and oxygen atoms in total. The Labute approximate surface area is 93.9 Å². The lowest BCUT2D eigenvalue weighted by Crippen LogP contribution is -2.30. The molecule has 0 bridgehead atoms. The lowest BCUT2D eigenvalue weighted by atomic mass is 10.4. The van der Waals surface area contributed by atoms with E-state index in [-0.39, 0.29) is 11.4 Å². The van der Waals surface area contributed by atoms with Crippen molar-refractivity contribution in [1.29, 1.82) is 0 Å². The third kappa shape index (κ3) is 3.79. The topological polar surface area (TPSA) is 66.4 Å². The molecule has 0 aliphatic carbocycles. The Morgan fingerprint density at radius 1 is 1.53 bits per heavy atom. The molecule has 0 aliphatic rings. The molecule has 0 saturated heterocycles. The summed E-state index contributed by atoms with van der Waals surface area (Å²) in [4.78, 5) is 0.0932. The van der Waals surface area contributed by atoms with Gasteiger partial charge in [0.1, 0.15) is 0 Å². The van der Waals surface area contributed by atoms with Crippen LogP contribution in [0.1, 0.15) is 6.92 Å². The molecule has 1 unspecified atom stereocenters. The molecule has 0 fully saturated rings. The number of nitrogens with one attached hydrogen (secondary N) is 1. The SMILES string of the molecule is CC(O)CNS(=O)(=O)c1cccc(Cl)c1. The molecule has 1 atom stereocenters. The van der Waals surface area contributed by atoms with E-state index in [0.717, 1.165) is 0 Å². The highest BCUT2D eigenvalue weighted by Crippen LogP contribution is 2.14. The summed E-state index contributed by atoms with van der Waals surface area (Å²) in [5.74, 6) is 0. The Morgan fingerprint density at radius 2 is 2.20 bits per heavy atom. The normalized spacial score (nSPS) is 13.8. The molecule has 15 heavy (non-hydrogen) atoms. The maximum atomic E-state index is 11.6. The largest absolute Gasteiger partial charge is 0.392 e. The number of rotatable bonds is 4. The van der Waals surface area contributed by atoms with Crippen LogP contribution in [0.25, 0.3) is 0 Å². The Kier molecular flexibility index (Phi) is 4.10. The fraction of sp³-hybridized carbons (Fsp3) is 0.333. The number of halogens is 1. The second-order valence-corrected chi connectivity index (χ2v) is 5.36. The summed E-state index contributed by atoms with van der Waals surface area (Å²) in [5.41, 5.74) is 0. The van der Waals surface area contributed by atoms with Gasteiger partial charge in [0, 0.05) is 11.6 Å². The van der Waals surface area contributed by atoms with Gasteiger partial charge in [-0.3, -0.25) is 0 Å². The van der Waals surface area contributed by atoms with Gasteiger partial charge in [-0.2, -0.15) is 0 Å². The van der Waals surface area contributed by atoms with Crippen molar-refractivity contribution in [2.75, 3.05) is 6.54 Å². The van der Waals surface area contributed by atoms with Crippen molar-refractivity contribution >= 4 is 21.6 Å². The molecule has 1 aromatic rings. The van der Waals surface area contributed by atoms with Crippen molar-refractivity contribution in [3.63, 3.8) is 0 Å². The van der Waals surface area contributed by atoms with E-state index in [0.29, 0.717) is 5.02 Å². The molecule has 0 saturated carbocycles. The summed E-state index contributed by atoms with van der Waals surface area (Å²) in [6.07, 6.45) is -0.723. The van der Waals surface area contributed by atoms with Crippen LogP contribution in [0.15, 0.2) is 29.2 Å². The predicted molar refractivity (Wildman–Crippen MR) is 58.3 cm³/mol. The van der Waals surface area contributed by atoms with Gasteiger partial charge in [-0.15, -0.1) is 0 Å². The van der Waals surface area contributed by atoms with Gasteiger partial charge in [-0.05, 0) is 25.1 Å². The summed E-state index contributed by atoms with van der Waals surface area (Å²) in [7, 11) is -3.57. The van der Waals surface area contributed by atoms with Gasteiger partial charge in [0.05, 0.1) is 11.0 Å². The quantitative estimate of drug-likeness (QED) is 0.837. The van der Waals surface area contributed by atoms with Gasteiger partial charge in [0.2, 0.25) is 10.0 Å². The van der Waals surface area contributed by atoms with Crippen LogP contribution in [0, 0.1) is 0 Å². The van der Waals surface area contributed by atoms with Crippen molar-refractivity contribution in [2.45, 2.75) is 17.9 Å². The lowest BCUT2D eigenvalue weighted by molar-refractivity contribution is 0.198. The van der Waals surface area contributed by atoms with Gasteiger partial charge < -0.3 is 5.11 Å². The van der Waals surface area contributed by atoms with Crippen molar-refractivity contribution in [2.24, 2.45) is 0 Å². The Hall–Kier alpha value is -0.620. The Morgan fingerprint density at radius 3 is 2.73 bits per heavy atom. The van der Waals surface area contributed by atoms with Crippen LogP contribution < -0.4 is 4.72 Å². The fourth-order valence-corrected chi connectivity index (χ4v) is 2.37. The number of hydrogen-bond acceptors (Lipinski definition) is 3. The molecule has 0 spiro atoms. The average molecular weight is 250 g/mol. The summed E-state index contributed by atoms with van der Waals surface area (Å²) in [6.45, 7) is 1.48. The fourth-order valence-electron chi connectivity index (χ4n) is 0.948. The molecule has 0 heterocycles. The van der Waals surface area contributed by atoms with E-state index in [1.165, 1.54) is 19.1 Å². The number of sulfonamides is 1. The molecule has 0 aliphatic heterocycles. The zero-order valence-electron chi connectivity index (χ0n) is 8.14. The van der Waals surface area contributed by atoms with Crippen LogP contribution >= 0.6 is 11.6 Å². The molecule has 84 valence electrons. The standard InChI is InChI=1S/C9H12ClNO3S/c1-7(12)6-11-15(13,14)9-4-2-3-8(10)5-9/h2-5,7,11-12H,6H2,1H3. The van der Waals surface area contributed by atoms with Crippen LogP contribution in [0.4, 0.5) is 0 Å². The van der Waals surface area contributed by atoms with Gasteiger partial charge in [-0.25, -0.2) is 13.1 Å². The molecular formula is C9H12ClNO3S. The summed E-state index contributed by atoms with van der Waals surface area (Å²) in [6, 6.07) is 5.94. The van der Waals surface area contributed by atoms with Gasteiger partial charge in [0.15, 0.2) is 0 Å². The monoisotopic (exact) mass is 249 g/mol. The minimum absolute atomic E-state index is 0.0190. The number of aliphatic hydroxyl groups excluding tert-OH is 1. The van der Waals surface area contributed by atoms with Crippen LogP contribution in [0.3, 0.4) is 0 Å². The maximum absolute atomic E-state index is 11.6. The molecule has 1 aromatic carbocycles. The molecule has 0 radical (unpaired) electrons. The highest BCUT2D eigenvalue weighted by Gasteiger charge is 2.14. The molecule has 1 rings (SSSR count). The van der Waals surface area contributed by atoms with Gasteiger partial charge in [-0.1, -0.05) is 17.7 Å². The van der Waals surface area contributed by atoms with Crippen LogP contribution in [-0.2, 0) is 10.0 Å². The molecule has 0 amide bonds. The van der Waals surface area contributed by atoms with E-state index in [9.17, 15) is 8.42 Å². The van der Waals surface area contributed by atoms with Crippen LogP contribution in [0.5, 0.6) is 0 Å². The first-order valence-corrected chi connectivity index (χ1v) is 6.21. The van der Waals surface area contributed by atoms with E-state index in [1.54, 1.807) is 12.1 Å². The molecule has 2 N–H and O–H groups in total. The van der Waals surface area contributed by atoms with Crippen LogP contribution in [-0.4, -0.2) is 26.2 Å². The van der Waals surface area contributed by atoms with E-state index in [2.05, 4.69) is 4.72 Å². The van der Waals surface area contributed by atoms with E-state index >= 15 is 0 Å². The first-order chi connectivity index (χ1) is 6.92. The Bertz CT molecular complexity index is 431. The third-order valence-electron chi connectivity index (χ3n) is 1.68. The second kappa shape index (κ2) is 4.94. The zero-order chi connectivity index (χ0) is 11.5. The minimum Gasteiger partial charge on any atom is -0.392 e. The second-order valence-electron chi connectivity index (χ2n) is 3.16. The Balaban J connectivity index is 2.87. The van der Waals surface area contributed by atoms with E-state index < -0.39 is 16.1 Å². The van der Waals surface area contributed by atoms with E-state index in [4.69, 9.17) is 16.7 Å². The number of hydrogen-bond donors (Lipinski definition) is 2. The summed E-state index contributed by atoms with van der Waals surface area (Å²) < 4.78 is 25.5. The minimum atomic E-state index is -3.57. The maximum Gasteiger partial charge on any atom is 0.240 e. The van der Waals surface area contributed by atoms with Crippen LogP contribution in [0.2, 0.25) is 5.02 Å². The highest BCUT2D eigenvalue weighted by atomic mass is 35.5. The highest BCUT2D eigenvalue weighted by molar-refractivity contribution is 7.89. The van der Waals surface area contributed by atoms with Gasteiger partial charge in [0.25, 0.3) is 0 Å². The smallest absolute Gasteiger partial charge is 0.240 e. The zero-order valence-corrected chi connectivity index (χ0v) is 9.72. The summed E-state index contributed by atoms with van der Waals surface area (Å²) >= 11 is 5.67. The van der Waals surface area contributed by atoms with Crippen molar-refractivity contribution in [1.82, 2.24) is 4.72 Å². The molecular weight excluding hydrogens is 238 g/mol.